The van der Waals surface area contributed by atoms with Gasteiger partial charge in [0.2, 0.25) is 10.0 Å². The molecule has 2 heterocycles. The summed E-state index contributed by atoms with van der Waals surface area (Å²) in [7, 11) is -3.90. The van der Waals surface area contributed by atoms with E-state index < -0.39 is 21.2 Å². The quantitative estimate of drug-likeness (QED) is 0.399. The van der Waals surface area contributed by atoms with Crippen LogP contribution >= 0.6 is 11.6 Å². The molecule has 1 saturated carbocycles. The van der Waals surface area contributed by atoms with Crippen LogP contribution in [0.25, 0.3) is 0 Å². The number of hydrogen-bond donors (Lipinski definition) is 1. The number of carbonyl (C=O) groups is 2. The van der Waals surface area contributed by atoms with Crippen LogP contribution in [-0.2, 0) is 26.7 Å². The van der Waals surface area contributed by atoms with Crippen molar-refractivity contribution in [2.75, 3.05) is 24.6 Å². The van der Waals surface area contributed by atoms with E-state index in [1.165, 1.54) is 11.1 Å². The number of halogens is 1. The van der Waals surface area contributed by atoms with Gasteiger partial charge in [0.25, 0.3) is 5.91 Å². The standard InChI is InChI=1S/C34H43ClN2O5S/c1-21-6-4-8-28(22(2)38)29-12-9-26(29)18-37-19-34(15-5-7-24-16-27(35)11-13-30(24)34)20-42-32-14-10-25(17-31(32)37)33(39)36-43(40,41)23(21)3/h10-11,13-14,16-17,21,23,26,28-29H,4-9,12,15,18-20H2,1-3H3,(H,36,39)/t21-,23+,26-,28+,29+,34-/m0/s1. The summed E-state index contributed by atoms with van der Waals surface area (Å²) in [6.45, 7) is 7.26. The molecule has 2 aliphatic carbocycles. The van der Waals surface area contributed by atoms with E-state index in [9.17, 15) is 18.0 Å². The van der Waals surface area contributed by atoms with Crippen molar-refractivity contribution in [2.45, 2.75) is 82.8 Å². The van der Waals surface area contributed by atoms with Gasteiger partial charge in [0.1, 0.15) is 11.5 Å². The Kier molecular flexibility index (Phi) is 8.31. The van der Waals surface area contributed by atoms with Crippen LogP contribution in [0, 0.1) is 23.7 Å². The van der Waals surface area contributed by atoms with Crippen molar-refractivity contribution in [3.63, 3.8) is 0 Å². The summed E-state index contributed by atoms with van der Waals surface area (Å²) in [6, 6.07) is 11.4. The minimum atomic E-state index is -3.90. The Bertz CT molecular complexity index is 1530. The number of ether oxygens (including phenoxy) is 1. The first-order chi connectivity index (χ1) is 20.5. The van der Waals surface area contributed by atoms with Gasteiger partial charge < -0.3 is 9.64 Å². The average Bonchev–Trinajstić information content (AvgIpc) is 3.10. The Labute approximate surface area is 260 Å². The average molecular weight is 627 g/mol. The van der Waals surface area contributed by atoms with Crippen LogP contribution in [0.1, 0.15) is 87.2 Å². The number of rotatable bonds is 1. The van der Waals surface area contributed by atoms with E-state index in [4.69, 9.17) is 16.3 Å². The molecule has 2 aromatic rings. The summed E-state index contributed by atoms with van der Waals surface area (Å²) >= 11 is 6.40. The molecule has 1 spiro atoms. The lowest BCUT2D eigenvalue weighted by molar-refractivity contribution is -0.125. The Morgan fingerprint density at radius 3 is 2.63 bits per heavy atom. The number of fused-ring (bicyclic) bond motifs is 4. The van der Waals surface area contributed by atoms with Crippen molar-refractivity contribution in [3.8, 4) is 5.75 Å². The largest absolute Gasteiger partial charge is 0.490 e. The first-order valence-corrected chi connectivity index (χ1v) is 17.8. The Hall–Kier alpha value is -2.58. The Balaban J connectivity index is 1.43. The molecule has 4 aliphatic rings. The monoisotopic (exact) mass is 626 g/mol. The summed E-state index contributed by atoms with van der Waals surface area (Å²) in [5.74, 6) is 0.784. The van der Waals surface area contributed by atoms with E-state index in [0.717, 1.165) is 62.2 Å². The third-order valence-electron chi connectivity index (χ3n) is 11.0. The van der Waals surface area contributed by atoms with E-state index in [-0.39, 0.29) is 23.0 Å². The SMILES string of the molecule is CC(=O)[C@H]1CCC[C@H](C)[C@@H](C)S(=O)(=O)NC(=O)c2ccc3c(c2)N(C[C@@H]2CC[C@H]21)C[C@@]1(CCCc2cc(Cl)ccc21)CO3. The second-order valence-electron chi connectivity index (χ2n) is 13.6. The molecule has 2 bridgehead atoms. The van der Waals surface area contributed by atoms with Crippen LogP contribution in [0.15, 0.2) is 36.4 Å². The number of hydrogen-bond acceptors (Lipinski definition) is 6. The molecule has 6 rings (SSSR count). The molecule has 0 radical (unpaired) electrons. The van der Waals surface area contributed by atoms with Crippen molar-refractivity contribution >= 4 is 39.0 Å². The molecule has 1 amide bonds. The summed E-state index contributed by atoms with van der Waals surface area (Å²) in [6.07, 6.45) is 7.30. The van der Waals surface area contributed by atoms with Crippen LogP contribution in [0.2, 0.25) is 5.02 Å². The molecular weight excluding hydrogens is 584 g/mol. The van der Waals surface area contributed by atoms with Crippen LogP contribution in [0.5, 0.6) is 5.75 Å². The molecule has 2 aromatic carbocycles. The van der Waals surface area contributed by atoms with Gasteiger partial charge in [-0.2, -0.15) is 0 Å². The molecule has 0 saturated heterocycles. The fraction of sp³-hybridized carbons (Fsp3) is 0.588. The van der Waals surface area contributed by atoms with Gasteiger partial charge >= 0.3 is 0 Å². The number of nitrogens with zero attached hydrogens (tertiary/aromatic N) is 1. The topological polar surface area (TPSA) is 92.8 Å². The zero-order valence-electron chi connectivity index (χ0n) is 25.4. The maximum atomic E-state index is 13.4. The maximum absolute atomic E-state index is 13.4. The first-order valence-electron chi connectivity index (χ1n) is 15.8. The summed E-state index contributed by atoms with van der Waals surface area (Å²) < 4.78 is 35.4. The lowest BCUT2D eigenvalue weighted by atomic mass is 9.64. The number of anilines is 1. The number of ketones is 1. The predicted molar refractivity (Wildman–Crippen MR) is 169 cm³/mol. The summed E-state index contributed by atoms with van der Waals surface area (Å²) in [4.78, 5) is 28.7. The van der Waals surface area contributed by atoms with E-state index in [0.29, 0.717) is 42.7 Å². The lowest BCUT2D eigenvalue weighted by Gasteiger charge is -2.46. The van der Waals surface area contributed by atoms with E-state index in [1.54, 1.807) is 32.0 Å². The maximum Gasteiger partial charge on any atom is 0.264 e. The molecular formula is C34H43ClN2O5S. The second kappa shape index (κ2) is 11.7. The second-order valence-corrected chi connectivity index (χ2v) is 16.1. The molecule has 1 N–H and O–H groups in total. The number of amides is 1. The highest BCUT2D eigenvalue weighted by Gasteiger charge is 2.45. The van der Waals surface area contributed by atoms with Crippen molar-refractivity contribution in [1.82, 2.24) is 4.72 Å². The number of nitrogens with one attached hydrogen (secondary N) is 1. The van der Waals surface area contributed by atoms with Crippen LogP contribution < -0.4 is 14.4 Å². The van der Waals surface area contributed by atoms with Gasteiger partial charge in [-0.25, -0.2) is 13.1 Å². The molecule has 232 valence electrons. The van der Waals surface area contributed by atoms with Gasteiger partial charge in [-0.3, -0.25) is 9.59 Å². The first kappa shape index (κ1) is 30.4. The predicted octanol–water partition coefficient (Wildman–Crippen LogP) is 6.31. The van der Waals surface area contributed by atoms with Crippen LogP contribution in [-0.4, -0.2) is 45.1 Å². The minimum absolute atomic E-state index is 0.0222. The highest BCUT2D eigenvalue weighted by molar-refractivity contribution is 7.90. The molecule has 1 fully saturated rings. The van der Waals surface area contributed by atoms with Crippen LogP contribution in [0.4, 0.5) is 5.69 Å². The third-order valence-corrected chi connectivity index (χ3v) is 13.1. The van der Waals surface area contributed by atoms with Gasteiger partial charge in [0.05, 0.1) is 17.5 Å². The fourth-order valence-electron chi connectivity index (χ4n) is 8.09. The molecule has 2 aliphatic heterocycles. The van der Waals surface area contributed by atoms with Crippen molar-refractivity contribution < 1.29 is 22.7 Å². The van der Waals surface area contributed by atoms with E-state index in [1.807, 2.05) is 13.0 Å². The van der Waals surface area contributed by atoms with Crippen molar-refractivity contribution in [1.29, 1.82) is 0 Å². The van der Waals surface area contributed by atoms with Gasteiger partial charge in [0.15, 0.2) is 0 Å². The van der Waals surface area contributed by atoms with Crippen LogP contribution in [0.3, 0.4) is 0 Å². The molecule has 0 aromatic heterocycles. The summed E-state index contributed by atoms with van der Waals surface area (Å²) in [5.41, 5.74) is 3.37. The number of carbonyl (C=O) groups excluding carboxylic acids is 2. The zero-order valence-corrected chi connectivity index (χ0v) is 27.0. The van der Waals surface area contributed by atoms with E-state index in [2.05, 4.69) is 21.8 Å². The Morgan fingerprint density at radius 2 is 1.88 bits per heavy atom. The molecule has 9 heteroatoms. The lowest BCUT2D eigenvalue weighted by Crippen LogP contribution is -2.49. The summed E-state index contributed by atoms with van der Waals surface area (Å²) in [5, 5.41) is -0.00230. The van der Waals surface area contributed by atoms with Crippen molar-refractivity contribution in [3.05, 3.63) is 58.1 Å². The molecule has 0 unspecified atom stereocenters. The fourth-order valence-corrected chi connectivity index (χ4v) is 9.59. The minimum Gasteiger partial charge on any atom is -0.490 e. The Morgan fingerprint density at radius 1 is 1.07 bits per heavy atom. The highest BCUT2D eigenvalue weighted by Crippen LogP contribution is 2.48. The van der Waals surface area contributed by atoms with E-state index >= 15 is 0 Å². The highest BCUT2D eigenvalue weighted by atomic mass is 35.5. The number of Topliss-reactive ketones (excluding diaryl/α,β-unsaturated/α-hetero) is 1. The third kappa shape index (κ3) is 5.82. The number of sulfonamides is 1. The van der Waals surface area contributed by atoms with Gasteiger partial charge in [-0.15, -0.1) is 0 Å². The van der Waals surface area contributed by atoms with Crippen molar-refractivity contribution in [2.24, 2.45) is 23.7 Å². The number of aryl methyl sites for hydroxylation is 1. The molecule has 6 atom stereocenters. The normalized spacial score (nSPS) is 32.3. The van der Waals surface area contributed by atoms with Gasteiger partial charge in [-0.1, -0.05) is 31.0 Å². The molecule has 43 heavy (non-hydrogen) atoms. The molecule has 7 nitrogen and oxygen atoms in total. The smallest absolute Gasteiger partial charge is 0.264 e. The van der Waals surface area contributed by atoms with Gasteiger partial charge in [-0.05, 0) is 118 Å². The number of benzene rings is 2. The van der Waals surface area contributed by atoms with Gasteiger partial charge in [0, 0.05) is 35.0 Å². The zero-order chi connectivity index (χ0) is 30.5.